The number of unbranched alkanes of at least 4 members (excludes halogenated alkanes) is 14. The molecule has 0 spiro atoms. The van der Waals surface area contributed by atoms with Gasteiger partial charge in [-0.05, 0) is 12.3 Å². The topological polar surface area (TPSA) is 58.6 Å². The average molecular weight is 456 g/mol. The van der Waals surface area contributed by atoms with E-state index in [2.05, 4.69) is 19.2 Å². The van der Waals surface area contributed by atoms with Crippen molar-refractivity contribution in [1.29, 1.82) is 0 Å². The third kappa shape index (κ3) is 22.6. The predicted molar refractivity (Wildman–Crippen MR) is 138 cm³/mol. The van der Waals surface area contributed by atoms with Gasteiger partial charge in [0.25, 0.3) is 0 Å². The number of nitrogens with one attached hydrogen (secondary N) is 1. The fraction of sp³-hybridized carbons (Fsp3) is 0.964. The summed E-state index contributed by atoms with van der Waals surface area (Å²) in [6.45, 7) is 7.09. The molecule has 2 atom stereocenters. The number of hydrogen-bond acceptors (Lipinski definition) is 3. The van der Waals surface area contributed by atoms with E-state index in [1.807, 2.05) is 0 Å². The third-order valence-corrected chi connectivity index (χ3v) is 6.55. The van der Waals surface area contributed by atoms with Crippen molar-refractivity contribution >= 4 is 5.91 Å². The maximum Gasteiger partial charge on any atom is 0.217 e. The first kappa shape index (κ1) is 31.4. The largest absolute Gasteiger partial charge is 0.394 e. The summed E-state index contributed by atoms with van der Waals surface area (Å²) in [4.78, 5) is 11.2. The molecule has 0 aliphatic rings. The van der Waals surface area contributed by atoms with Crippen LogP contribution < -0.4 is 5.32 Å². The van der Waals surface area contributed by atoms with Crippen LogP contribution in [-0.2, 0) is 9.53 Å². The van der Waals surface area contributed by atoms with Crippen LogP contribution in [0.25, 0.3) is 0 Å². The first-order chi connectivity index (χ1) is 15.6. The van der Waals surface area contributed by atoms with E-state index in [4.69, 9.17) is 4.74 Å². The molecule has 0 saturated carbocycles. The molecule has 192 valence electrons. The van der Waals surface area contributed by atoms with Crippen molar-refractivity contribution in [3.05, 3.63) is 0 Å². The van der Waals surface area contributed by atoms with Crippen molar-refractivity contribution in [2.24, 2.45) is 5.92 Å². The lowest BCUT2D eigenvalue weighted by molar-refractivity contribution is -0.120. The number of ether oxygens (including phenoxy) is 1. The molecular weight excluding hydrogens is 398 g/mol. The fourth-order valence-electron chi connectivity index (χ4n) is 4.47. The predicted octanol–water partition coefficient (Wildman–Crippen LogP) is 7.57. The van der Waals surface area contributed by atoms with Crippen LogP contribution in [-0.4, -0.2) is 36.9 Å². The highest BCUT2D eigenvalue weighted by atomic mass is 16.5. The van der Waals surface area contributed by atoms with E-state index in [1.54, 1.807) is 0 Å². The molecule has 0 aromatic heterocycles. The number of carbonyl (C=O) groups is 1. The van der Waals surface area contributed by atoms with Gasteiger partial charge >= 0.3 is 0 Å². The first-order valence-electron chi connectivity index (χ1n) is 14.1. The van der Waals surface area contributed by atoms with E-state index < -0.39 is 0 Å². The quantitative estimate of drug-likeness (QED) is 0.140. The van der Waals surface area contributed by atoms with E-state index in [1.165, 1.54) is 122 Å². The Labute approximate surface area is 200 Å². The molecule has 2 N–H and O–H groups in total. The van der Waals surface area contributed by atoms with Crippen LogP contribution in [0.2, 0.25) is 0 Å². The van der Waals surface area contributed by atoms with Crippen molar-refractivity contribution in [2.75, 3.05) is 19.8 Å². The van der Waals surface area contributed by atoms with Crippen LogP contribution in [0.1, 0.15) is 143 Å². The smallest absolute Gasteiger partial charge is 0.217 e. The van der Waals surface area contributed by atoms with Gasteiger partial charge in [0.15, 0.2) is 0 Å². The Morgan fingerprint density at radius 3 is 1.56 bits per heavy atom. The molecule has 0 aromatic rings. The summed E-state index contributed by atoms with van der Waals surface area (Å²) in [5.41, 5.74) is 0. The Bertz CT molecular complexity index is 389. The molecule has 4 nitrogen and oxygen atoms in total. The number of amides is 1. The average Bonchev–Trinajstić information content (AvgIpc) is 2.78. The van der Waals surface area contributed by atoms with Gasteiger partial charge in [-0.15, -0.1) is 0 Å². The summed E-state index contributed by atoms with van der Waals surface area (Å²) in [6, 6.07) is -0.286. The molecule has 0 heterocycles. The molecule has 0 aliphatic carbocycles. The highest BCUT2D eigenvalue weighted by Crippen LogP contribution is 2.22. The van der Waals surface area contributed by atoms with Gasteiger partial charge in [0.05, 0.1) is 19.3 Å². The Hall–Kier alpha value is -0.610. The number of carbonyl (C=O) groups excluding carboxylic acids is 1. The number of aliphatic hydroxyl groups is 1. The zero-order chi connectivity index (χ0) is 23.7. The Balaban J connectivity index is 3.94. The van der Waals surface area contributed by atoms with Gasteiger partial charge < -0.3 is 15.2 Å². The molecule has 0 rings (SSSR count). The maximum atomic E-state index is 11.2. The van der Waals surface area contributed by atoms with Crippen molar-refractivity contribution in [1.82, 2.24) is 5.32 Å². The minimum Gasteiger partial charge on any atom is -0.394 e. The molecule has 0 saturated heterocycles. The Morgan fingerprint density at radius 1 is 0.719 bits per heavy atom. The molecular formula is C28H57NO3. The second-order valence-corrected chi connectivity index (χ2v) is 9.84. The van der Waals surface area contributed by atoms with Gasteiger partial charge in [-0.25, -0.2) is 0 Å². The second kappa shape index (κ2) is 25.0. The standard InChI is InChI=1S/C28H57NO3/c1-4-6-8-10-11-12-13-14-15-17-19-21-27(20-18-16-9-7-5-2)22-23-32-25-28(24-30)29-26(3)31/h27-28,30H,4-25H2,1-3H3,(H,29,31). The number of rotatable bonds is 25. The molecule has 32 heavy (non-hydrogen) atoms. The highest BCUT2D eigenvalue weighted by Gasteiger charge is 2.11. The SMILES string of the molecule is CCCCCCCCCCCCCC(CCCCCCC)CCOCC(CO)NC(C)=O. The van der Waals surface area contributed by atoms with Crippen molar-refractivity contribution in [2.45, 2.75) is 149 Å². The van der Waals surface area contributed by atoms with E-state index in [0.29, 0.717) is 6.61 Å². The summed E-state index contributed by atoms with van der Waals surface area (Å²) in [7, 11) is 0. The van der Waals surface area contributed by atoms with Gasteiger partial charge in [0.2, 0.25) is 5.91 Å². The summed E-state index contributed by atoms with van der Waals surface area (Å²) in [6.07, 6.45) is 25.9. The van der Waals surface area contributed by atoms with Crippen LogP contribution in [0, 0.1) is 5.92 Å². The zero-order valence-electron chi connectivity index (χ0n) is 22.0. The highest BCUT2D eigenvalue weighted by molar-refractivity contribution is 5.73. The normalized spacial score (nSPS) is 13.2. The van der Waals surface area contributed by atoms with Crippen molar-refractivity contribution in [3.63, 3.8) is 0 Å². The summed E-state index contributed by atoms with van der Waals surface area (Å²) in [5.74, 6) is 0.637. The minimum absolute atomic E-state index is 0.0703. The molecule has 2 unspecified atom stereocenters. The zero-order valence-corrected chi connectivity index (χ0v) is 22.0. The third-order valence-electron chi connectivity index (χ3n) is 6.55. The summed E-state index contributed by atoms with van der Waals surface area (Å²) in [5, 5.41) is 12.1. The van der Waals surface area contributed by atoms with Crippen molar-refractivity contribution < 1.29 is 14.6 Å². The lowest BCUT2D eigenvalue weighted by Crippen LogP contribution is -2.39. The molecule has 0 fully saturated rings. The molecule has 4 heteroatoms. The van der Waals surface area contributed by atoms with Crippen LogP contribution in [0.5, 0.6) is 0 Å². The van der Waals surface area contributed by atoms with Crippen LogP contribution >= 0.6 is 0 Å². The Morgan fingerprint density at radius 2 is 1.16 bits per heavy atom. The van der Waals surface area contributed by atoms with Gasteiger partial charge in [0.1, 0.15) is 0 Å². The van der Waals surface area contributed by atoms with Gasteiger partial charge in [0, 0.05) is 13.5 Å². The lowest BCUT2D eigenvalue weighted by atomic mass is 9.91. The molecule has 0 aromatic carbocycles. The summed E-state index contributed by atoms with van der Waals surface area (Å²) >= 11 is 0. The van der Waals surface area contributed by atoms with Gasteiger partial charge in [-0.1, -0.05) is 129 Å². The van der Waals surface area contributed by atoms with Crippen LogP contribution in [0.15, 0.2) is 0 Å². The summed E-state index contributed by atoms with van der Waals surface area (Å²) < 4.78 is 5.80. The second-order valence-electron chi connectivity index (χ2n) is 9.84. The maximum absolute atomic E-state index is 11.2. The minimum atomic E-state index is -0.286. The van der Waals surface area contributed by atoms with Gasteiger partial charge in [-0.3, -0.25) is 4.79 Å². The van der Waals surface area contributed by atoms with Crippen LogP contribution in [0.4, 0.5) is 0 Å². The van der Waals surface area contributed by atoms with E-state index in [-0.39, 0.29) is 18.6 Å². The van der Waals surface area contributed by atoms with Crippen LogP contribution in [0.3, 0.4) is 0 Å². The number of aliphatic hydroxyl groups excluding tert-OH is 1. The molecule has 0 bridgehead atoms. The number of hydrogen-bond donors (Lipinski definition) is 2. The molecule has 0 aliphatic heterocycles. The van der Waals surface area contributed by atoms with E-state index in [9.17, 15) is 9.90 Å². The molecule has 0 radical (unpaired) electrons. The lowest BCUT2D eigenvalue weighted by Gasteiger charge is -2.19. The molecule has 1 amide bonds. The Kier molecular flexibility index (Phi) is 24.5. The first-order valence-corrected chi connectivity index (χ1v) is 14.1. The van der Waals surface area contributed by atoms with E-state index in [0.717, 1.165) is 18.9 Å². The van der Waals surface area contributed by atoms with Crippen molar-refractivity contribution in [3.8, 4) is 0 Å². The van der Waals surface area contributed by atoms with E-state index >= 15 is 0 Å². The van der Waals surface area contributed by atoms with Gasteiger partial charge in [-0.2, -0.15) is 0 Å². The fourth-order valence-corrected chi connectivity index (χ4v) is 4.47. The monoisotopic (exact) mass is 455 g/mol.